The lowest BCUT2D eigenvalue weighted by Crippen LogP contribution is -2.30. The summed E-state index contributed by atoms with van der Waals surface area (Å²) in [6.45, 7) is 0.287. The maximum atomic E-state index is 11.9. The number of benzene rings is 3. The van der Waals surface area contributed by atoms with Crippen molar-refractivity contribution < 1.29 is 14.3 Å². The van der Waals surface area contributed by atoms with Crippen LogP contribution in [0.25, 0.3) is 10.8 Å². The van der Waals surface area contributed by atoms with Gasteiger partial charge in [-0.3, -0.25) is 9.59 Å². The molecule has 1 N–H and O–H groups in total. The lowest BCUT2D eigenvalue weighted by molar-refractivity contribution is -0.145. The molecule has 3 aromatic rings. The first-order valence-corrected chi connectivity index (χ1v) is 10.9. The van der Waals surface area contributed by atoms with Crippen molar-refractivity contribution >= 4 is 46.2 Å². The van der Waals surface area contributed by atoms with E-state index in [0.717, 1.165) is 26.3 Å². The van der Waals surface area contributed by atoms with Gasteiger partial charge in [-0.2, -0.15) is 0 Å². The van der Waals surface area contributed by atoms with E-state index in [0.29, 0.717) is 6.54 Å². The Balaban J connectivity index is 1.31. The first-order chi connectivity index (χ1) is 13.7. The number of amides is 1. The molecule has 0 saturated carbocycles. The smallest absolute Gasteiger partial charge is 0.316 e. The summed E-state index contributed by atoms with van der Waals surface area (Å²) in [5.41, 5.74) is 0. The van der Waals surface area contributed by atoms with Gasteiger partial charge in [0.25, 0.3) is 5.91 Å². The van der Waals surface area contributed by atoms with Crippen molar-refractivity contribution in [2.24, 2.45) is 0 Å². The Morgan fingerprint density at radius 3 is 2.39 bits per heavy atom. The minimum absolute atomic E-state index is 0.176. The predicted molar refractivity (Wildman–Crippen MR) is 116 cm³/mol. The molecule has 144 valence electrons. The largest absolute Gasteiger partial charge is 0.455 e. The van der Waals surface area contributed by atoms with E-state index in [4.69, 9.17) is 4.74 Å². The second kappa shape index (κ2) is 10.8. The lowest BCUT2D eigenvalue weighted by Gasteiger charge is -2.07. The van der Waals surface area contributed by atoms with Gasteiger partial charge in [0.05, 0.1) is 5.75 Å². The topological polar surface area (TPSA) is 55.4 Å². The summed E-state index contributed by atoms with van der Waals surface area (Å²) in [4.78, 5) is 25.8. The van der Waals surface area contributed by atoms with Crippen molar-refractivity contribution in [3.05, 3.63) is 72.8 Å². The molecule has 3 rings (SSSR count). The van der Waals surface area contributed by atoms with Gasteiger partial charge in [-0.25, -0.2) is 0 Å². The van der Waals surface area contributed by atoms with Crippen LogP contribution in [0, 0.1) is 0 Å². The first-order valence-electron chi connectivity index (χ1n) is 8.92. The first kappa shape index (κ1) is 20.3. The lowest BCUT2D eigenvalue weighted by atomic mass is 10.1. The number of thioether (sulfide) groups is 2. The molecule has 0 atom stereocenters. The van der Waals surface area contributed by atoms with Gasteiger partial charge in [0.1, 0.15) is 0 Å². The standard InChI is InChI=1S/C22H21NO3S2/c24-21(23-12-13-27-19-8-2-1-3-9-19)15-26-22(25)16-28-20-11-10-17-6-4-5-7-18(17)14-20/h1-11,14H,12-13,15-16H2,(H,23,24). The number of hydrogen-bond acceptors (Lipinski definition) is 5. The zero-order chi connectivity index (χ0) is 19.6. The number of fused-ring (bicyclic) bond motifs is 1. The van der Waals surface area contributed by atoms with Crippen LogP contribution in [0.15, 0.2) is 82.6 Å². The van der Waals surface area contributed by atoms with Crippen LogP contribution in [-0.4, -0.2) is 36.5 Å². The third kappa shape index (κ3) is 6.62. The van der Waals surface area contributed by atoms with E-state index in [1.807, 2.05) is 66.7 Å². The molecule has 0 unspecified atom stereocenters. The van der Waals surface area contributed by atoms with E-state index in [9.17, 15) is 9.59 Å². The summed E-state index contributed by atoms with van der Waals surface area (Å²) in [7, 11) is 0. The van der Waals surface area contributed by atoms with Gasteiger partial charge in [-0.1, -0.05) is 48.5 Å². The monoisotopic (exact) mass is 411 g/mol. The molecule has 6 heteroatoms. The number of ether oxygens (including phenoxy) is 1. The van der Waals surface area contributed by atoms with E-state index < -0.39 is 5.97 Å². The molecular weight excluding hydrogens is 390 g/mol. The van der Waals surface area contributed by atoms with Crippen LogP contribution in [0.3, 0.4) is 0 Å². The fourth-order valence-corrected chi connectivity index (χ4v) is 4.05. The van der Waals surface area contributed by atoms with Crippen LogP contribution in [0.2, 0.25) is 0 Å². The molecule has 0 aliphatic rings. The number of carbonyl (C=O) groups excluding carboxylic acids is 2. The highest BCUT2D eigenvalue weighted by molar-refractivity contribution is 8.00. The summed E-state index contributed by atoms with van der Waals surface area (Å²) in [5.74, 6) is 0.265. The summed E-state index contributed by atoms with van der Waals surface area (Å²) in [6, 6.07) is 24.1. The zero-order valence-electron chi connectivity index (χ0n) is 15.3. The molecule has 0 saturated heterocycles. The van der Waals surface area contributed by atoms with Crippen molar-refractivity contribution in [1.82, 2.24) is 5.32 Å². The third-order valence-electron chi connectivity index (χ3n) is 3.88. The predicted octanol–water partition coefficient (Wildman–Crippen LogP) is 4.38. The molecule has 0 aromatic heterocycles. The Kier molecular flexibility index (Phi) is 7.82. The van der Waals surface area contributed by atoms with E-state index in [2.05, 4.69) is 11.4 Å². The second-order valence-electron chi connectivity index (χ2n) is 5.97. The Morgan fingerprint density at radius 2 is 1.57 bits per heavy atom. The molecule has 0 aliphatic heterocycles. The van der Waals surface area contributed by atoms with Crippen molar-refractivity contribution in [3.8, 4) is 0 Å². The molecule has 0 fully saturated rings. The van der Waals surface area contributed by atoms with Crippen molar-refractivity contribution in [2.75, 3.05) is 24.7 Å². The fraction of sp³-hybridized carbons (Fsp3) is 0.182. The highest BCUT2D eigenvalue weighted by Gasteiger charge is 2.08. The van der Waals surface area contributed by atoms with E-state index >= 15 is 0 Å². The maximum Gasteiger partial charge on any atom is 0.316 e. The number of carbonyl (C=O) groups is 2. The number of hydrogen-bond donors (Lipinski definition) is 1. The highest BCUT2D eigenvalue weighted by atomic mass is 32.2. The molecule has 0 aliphatic carbocycles. The summed E-state index contributed by atoms with van der Waals surface area (Å²) < 4.78 is 5.05. The molecule has 0 heterocycles. The number of nitrogens with one attached hydrogen (secondary N) is 1. The minimum atomic E-state index is -0.396. The van der Waals surface area contributed by atoms with Gasteiger partial charge in [0, 0.05) is 22.1 Å². The maximum absolute atomic E-state index is 11.9. The van der Waals surface area contributed by atoms with Crippen molar-refractivity contribution in [2.45, 2.75) is 9.79 Å². The van der Waals surface area contributed by atoms with E-state index in [-0.39, 0.29) is 18.3 Å². The van der Waals surface area contributed by atoms with Crippen LogP contribution in [0.1, 0.15) is 0 Å². The zero-order valence-corrected chi connectivity index (χ0v) is 16.9. The van der Waals surface area contributed by atoms with Gasteiger partial charge in [-0.05, 0) is 35.0 Å². The van der Waals surface area contributed by atoms with E-state index in [1.54, 1.807) is 11.8 Å². The Hall–Kier alpha value is -2.44. The SMILES string of the molecule is O=C(COC(=O)CSc1ccc2ccccc2c1)NCCSc1ccccc1. The summed E-state index contributed by atoms with van der Waals surface area (Å²) >= 11 is 3.07. The van der Waals surface area contributed by atoms with Gasteiger partial charge in [0.15, 0.2) is 6.61 Å². The average molecular weight is 412 g/mol. The van der Waals surface area contributed by atoms with Crippen molar-refractivity contribution in [1.29, 1.82) is 0 Å². The van der Waals surface area contributed by atoms with Gasteiger partial charge < -0.3 is 10.1 Å². The number of esters is 1. The van der Waals surface area contributed by atoms with Gasteiger partial charge in [-0.15, -0.1) is 23.5 Å². The van der Waals surface area contributed by atoms with Crippen LogP contribution < -0.4 is 5.32 Å². The second-order valence-corrected chi connectivity index (χ2v) is 8.19. The molecule has 0 spiro atoms. The molecular formula is C22H21NO3S2. The Bertz CT molecular complexity index is 931. The Morgan fingerprint density at radius 1 is 0.821 bits per heavy atom. The summed E-state index contributed by atoms with van der Waals surface area (Å²) in [6.07, 6.45) is 0. The Labute approximate surface area is 173 Å². The average Bonchev–Trinajstić information content (AvgIpc) is 2.74. The molecule has 3 aromatic carbocycles. The normalized spacial score (nSPS) is 10.6. The fourth-order valence-electron chi connectivity index (χ4n) is 2.51. The van der Waals surface area contributed by atoms with Crippen molar-refractivity contribution in [3.63, 3.8) is 0 Å². The molecule has 28 heavy (non-hydrogen) atoms. The van der Waals surface area contributed by atoms with Gasteiger partial charge in [0.2, 0.25) is 0 Å². The van der Waals surface area contributed by atoms with Crippen LogP contribution >= 0.6 is 23.5 Å². The quantitative estimate of drug-likeness (QED) is 0.322. The molecule has 0 bridgehead atoms. The van der Waals surface area contributed by atoms with Crippen LogP contribution in [0.5, 0.6) is 0 Å². The van der Waals surface area contributed by atoms with E-state index in [1.165, 1.54) is 11.8 Å². The summed E-state index contributed by atoms with van der Waals surface area (Å²) in [5, 5.41) is 5.05. The van der Waals surface area contributed by atoms with Gasteiger partial charge >= 0.3 is 5.97 Å². The third-order valence-corrected chi connectivity index (χ3v) is 5.86. The van der Waals surface area contributed by atoms with Crippen LogP contribution in [-0.2, 0) is 14.3 Å². The molecule has 0 radical (unpaired) electrons. The number of rotatable bonds is 9. The molecule has 4 nitrogen and oxygen atoms in total. The van der Waals surface area contributed by atoms with Crippen LogP contribution in [0.4, 0.5) is 0 Å². The minimum Gasteiger partial charge on any atom is -0.455 e. The highest BCUT2D eigenvalue weighted by Crippen LogP contribution is 2.23. The molecule has 1 amide bonds.